The molecule has 0 saturated heterocycles. The van der Waals surface area contributed by atoms with Gasteiger partial charge in [-0.3, -0.25) is 9.59 Å². The van der Waals surface area contributed by atoms with E-state index >= 15 is 0 Å². The minimum Gasteiger partial charge on any atom is -0.352 e. The van der Waals surface area contributed by atoms with Gasteiger partial charge >= 0.3 is 0 Å². The summed E-state index contributed by atoms with van der Waals surface area (Å²) in [5.41, 5.74) is 3.07. The Hall–Kier alpha value is -1.69. The normalized spacial score (nSPS) is 12.8. The molecule has 0 unspecified atom stereocenters. The molecule has 2 aromatic carbocycles. The number of hydrogen-bond donors (Lipinski definition) is 1. The van der Waals surface area contributed by atoms with Crippen molar-refractivity contribution in [3.05, 3.63) is 69.2 Å². The topological polar surface area (TPSA) is 49.4 Å². The number of amides is 2. The number of hydrogen-bond acceptors (Lipinski definition) is 3. The zero-order valence-electron chi connectivity index (χ0n) is 19.2. The van der Waals surface area contributed by atoms with E-state index in [4.69, 9.17) is 23.2 Å². The van der Waals surface area contributed by atoms with Crippen LogP contribution in [0.3, 0.4) is 0 Å². The van der Waals surface area contributed by atoms with Crippen LogP contribution in [0, 0.1) is 6.92 Å². The van der Waals surface area contributed by atoms with Crippen molar-refractivity contribution in [3.63, 3.8) is 0 Å². The molecule has 0 radical (unpaired) electrons. The Bertz CT molecular complexity index is 923. The van der Waals surface area contributed by atoms with Crippen molar-refractivity contribution in [2.45, 2.75) is 64.9 Å². The number of carbonyl (C=O) groups is 2. The molecule has 1 N–H and O–H groups in total. The number of benzene rings is 2. The number of thioether (sulfide) groups is 1. The molecular weight excluding hydrogens is 463 g/mol. The largest absolute Gasteiger partial charge is 0.352 e. The summed E-state index contributed by atoms with van der Waals surface area (Å²) in [7, 11) is 0. The quantitative estimate of drug-likeness (QED) is 0.401. The van der Waals surface area contributed by atoms with Crippen LogP contribution in [-0.2, 0) is 21.9 Å². The van der Waals surface area contributed by atoms with E-state index in [2.05, 4.69) is 11.4 Å². The Morgan fingerprint density at radius 1 is 1.09 bits per heavy atom. The average Bonchev–Trinajstić information content (AvgIpc) is 2.74. The molecule has 0 aliphatic rings. The fourth-order valence-corrected chi connectivity index (χ4v) is 4.81. The van der Waals surface area contributed by atoms with Gasteiger partial charge in [-0.25, -0.2) is 0 Å². The second kappa shape index (κ2) is 13.1. The second-order valence-corrected chi connectivity index (χ2v) is 9.81. The molecule has 0 spiro atoms. The Morgan fingerprint density at radius 2 is 1.84 bits per heavy atom. The second-order valence-electron chi connectivity index (χ2n) is 7.98. The van der Waals surface area contributed by atoms with E-state index < -0.39 is 6.04 Å². The van der Waals surface area contributed by atoms with Crippen molar-refractivity contribution in [3.8, 4) is 0 Å². The van der Waals surface area contributed by atoms with Gasteiger partial charge in [-0.15, -0.1) is 11.8 Å². The van der Waals surface area contributed by atoms with Gasteiger partial charge in [0.05, 0.1) is 5.75 Å². The van der Waals surface area contributed by atoms with Crippen LogP contribution in [0.1, 0.15) is 50.3 Å². The maximum atomic E-state index is 13.3. The minimum absolute atomic E-state index is 0.0623. The number of nitrogens with one attached hydrogen (secondary N) is 1. The smallest absolute Gasteiger partial charge is 0.243 e. The molecule has 2 amide bonds. The summed E-state index contributed by atoms with van der Waals surface area (Å²) in [5.74, 6) is 0.690. The highest BCUT2D eigenvalue weighted by molar-refractivity contribution is 7.99. The number of aryl methyl sites for hydroxylation is 1. The van der Waals surface area contributed by atoms with Crippen molar-refractivity contribution in [1.29, 1.82) is 0 Å². The lowest BCUT2D eigenvalue weighted by molar-refractivity contribution is -0.139. The van der Waals surface area contributed by atoms with Crippen LogP contribution in [0.4, 0.5) is 0 Å². The van der Waals surface area contributed by atoms with E-state index in [1.165, 1.54) is 11.8 Å². The Kier molecular flexibility index (Phi) is 10.9. The Balaban J connectivity index is 2.15. The van der Waals surface area contributed by atoms with Crippen molar-refractivity contribution >= 4 is 46.8 Å². The fraction of sp³-hybridized carbons (Fsp3) is 0.440. The maximum absolute atomic E-state index is 13.3. The fourth-order valence-electron chi connectivity index (χ4n) is 3.34. The first-order valence-corrected chi connectivity index (χ1v) is 12.8. The molecule has 0 heterocycles. The van der Waals surface area contributed by atoms with Gasteiger partial charge in [-0.2, -0.15) is 0 Å². The van der Waals surface area contributed by atoms with Crippen molar-refractivity contribution in [2.24, 2.45) is 0 Å². The van der Waals surface area contributed by atoms with Gasteiger partial charge in [0.1, 0.15) is 6.04 Å². The van der Waals surface area contributed by atoms with Crippen LogP contribution in [-0.4, -0.2) is 34.6 Å². The highest BCUT2D eigenvalue weighted by Crippen LogP contribution is 2.25. The monoisotopic (exact) mass is 494 g/mol. The predicted octanol–water partition coefficient (Wildman–Crippen LogP) is 6.26. The lowest BCUT2D eigenvalue weighted by Gasteiger charge is -2.31. The van der Waals surface area contributed by atoms with Gasteiger partial charge in [-0.1, -0.05) is 72.9 Å². The summed E-state index contributed by atoms with van der Waals surface area (Å²) in [4.78, 5) is 28.0. The summed E-state index contributed by atoms with van der Waals surface area (Å²) in [5, 5.41) is 4.21. The predicted molar refractivity (Wildman–Crippen MR) is 136 cm³/mol. The van der Waals surface area contributed by atoms with Crippen LogP contribution >= 0.6 is 35.0 Å². The minimum atomic E-state index is -0.517. The SMILES string of the molecule is CC[C@H](C(=O)N[C@@H](C)CC)N(Cc1cccc(C)c1)C(=O)CSCc1ccc(Cl)cc1Cl. The van der Waals surface area contributed by atoms with Gasteiger partial charge in [0, 0.05) is 28.4 Å². The van der Waals surface area contributed by atoms with Crippen LogP contribution < -0.4 is 5.32 Å². The number of rotatable bonds is 11. The number of carbonyl (C=O) groups excluding carboxylic acids is 2. The Labute approximate surface area is 206 Å². The summed E-state index contributed by atoms with van der Waals surface area (Å²) in [6, 6.07) is 13.0. The molecule has 7 heteroatoms. The van der Waals surface area contributed by atoms with E-state index in [1.54, 1.807) is 17.0 Å². The molecule has 0 saturated carbocycles. The molecule has 0 aliphatic heterocycles. The summed E-state index contributed by atoms with van der Waals surface area (Å²) in [6.07, 6.45) is 1.39. The zero-order chi connectivity index (χ0) is 23.7. The van der Waals surface area contributed by atoms with Gasteiger partial charge in [0.15, 0.2) is 0 Å². The van der Waals surface area contributed by atoms with Crippen molar-refractivity contribution in [1.82, 2.24) is 10.2 Å². The molecule has 0 aromatic heterocycles. The molecule has 0 bridgehead atoms. The molecule has 32 heavy (non-hydrogen) atoms. The van der Waals surface area contributed by atoms with E-state index in [0.29, 0.717) is 28.8 Å². The van der Waals surface area contributed by atoms with E-state index in [-0.39, 0.29) is 23.6 Å². The Morgan fingerprint density at radius 3 is 2.47 bits per heavy atom. The van der Waals surface area contributed by atoms with Gasteiger partial charge in [0.2, 0.25) is 11.8 Å². The molecular formula is C25H32Cl2N2O2S. The van der Waals surface area contributed by atoms with Gasteiger partial charge in [-0.05, 0) is 49.9 Å². The molecule has 2 aromatic rings. The number of nitrogens with zero attached hydrogens (tertiary/aromatic N) is 1. The molecule has 174 valence electrons. The van der Waals surface area contributed by atoms with Gasteiger partial charge < -0.3 is 10.2 Å². The summed E-state index contributed by atoms with van der Waals surface area (Å²) >= 11 is 13.7. The van der Waals surface area contributed by atoms with Crippen LogP contribution in [0.2, 0.25) is 10.0 Å². The van der Waals surface area contributed by atoms with E-state index in [1.807, 2.05) is 52.0 Å². The van der Waals surface area contributed by atoms with E-state index in [0.717, 1.165) is 23.1 Å². The lowest BCUT2D eigenvalue weighted by Crippen LogP contribution is -2.51. The van der Waals surface area contributed by atoms with E-state index in [9.17, 15) is 9.59 Å². The molecule has 2 atom stereocenters. The molecule has 0 fully saturated rings. The summed E-state index contributed by atoms with van der Waals surface area (Å²) < 4.78 is 0. The van der Waals surface area contributed by atoms with Crippen LogP contribution in [0.5, 0.6) is 0 Å². The van der Waals surface area contributed by atoms with Crippen molar-refractivity contribution < 1.29 is 9.59 Å². The molecule has 4 nitrogen and oxygen atoms in total. The first-order valence-electron chi connectivity index (χ1n) is 10.9. The van der Waals surface area contributed by atoms with Gasteiger partial charge in [0.25, 0.3) is 0 Å². The molecule has 0 aliphatic carbocycles. The third-order valence-corrected chi connectivity index (χ3v) is 6.87. The van der Waals surface area contributed by atoms with Crippen LogP contribution in [0.25, 0.3) is 0 Å². The van der Waals surface area contributed by atoms with Crippen molar-refractivity contribution in [2.75, 3.05) is 5.75 Å². The molecule has 2 rings (SSSR count). The third-order valence-electron chi connectivity index (χ3n) is 5.32. The number of halogens is 2. The average molecular weight is 496 g/mol. The first-order chi connectivity index (χ1) is 15.2. The standard InChI is InChI=1S/C25H32Cl2N2O2S/c1-5-18(4)28-25(31)23(6-2)29(14-19-9-7-8-17(3)12-19)24(30)16-32-15-20-10-11-21(26)13-22(20)27/h7-13,18,23H,5-6,14-16H2,1-4H3,(H,28,31)/t18-,23+/m0/s1. The third kappa shape index (κ3) is 8.02. The lowest BCUT2D eigenvalue weighted by atomic mass is 10.1. The first kappa shape index (κ1) is 26.6. The van der Waals surface area contributed by atoms with Crippen LogP contribution in [0.15, 0.2) is 42.5 Å². The zero-order valence-corrected chi connectivity index (χ0v) is 21.5. The highest BCUT2D eigenvalue weighted by atomic mass is 35.5. The maximum Gasteiger partial charge on any atom is 0.243 e. The summed E-state index contributed by atoms with van der Waals surface area (Å²) in [6.45, 7) is 8.37. The highest BCUT2D eigenvalue weighted by Gasteiger charge is 2.29.